The van der Waals surface area contributed by atoms with Crippen molar-refractivity contribution in [1.82, 2.24) is 15.3 Å². The molecule has 2 aromatic rings. The first kappa shape index (κ1) is 10.9. The summed E-state index contributed by atoms with van der Waals surface area (Å²) in [6, 6.07) is 12.0. The topological polar surface area (TPSA) is 39.1 Å². The summed E-state index contributed by atoms with van der Waals surface area (Å²) in [5, 5.41) is 4.43. The third-order valence-corrected chi connectivity index (χ3v) is 2.16. The average molecular weight is 217 g/mol. The van der Waals surface area contributed by atoms with E-state index in [0.29, 0.717) is 13.2 Å². The molecule has 84 valence electrons. The second-order valence-electron chi connectivity index (χ2n) is 3.34. The third kappa shape index (κ3) is 2.68. The fraction of sp³-hybridized carbons (Fsp3) is 0.250. The summed E-state index contributed by atoms with van der Waals surface area (Å²) in [5.41, 5.74) is 4.86. The van der Waals surface area contributed by atoms with Gasteiger partial charge in [-0.2, -0.15) is 10.6 Å². The summed E-state index contributed by atoms with van der Waals surface area (Å²) in [5.74, 6) is 0. The Balaban J connectivity index is 2.02. The van der Waals surface area contributed by atoms with Gasteiger partial charge in [0.1, 0.15) is 0 Å². The monoisotopic (exact) mass is 217 g/mol. The Kier molecular flexibility index (Phi) is 3.69. The number of nitrogens with one attached hydrogen (secondary N) is 1. The average Bonchev–Trinajstić information content (AvgIpc) is 2.79. The van der Waals surface area contributed by atoms with E-state index in [0.717, 1.165) is 11.4 Å². The maximum atomic E-state index is 5.05. The van der Waals surface area contributed by atoms with Crippen LogP contribution in [0.1, 0.15) is 12.6 Å². The first-order chi connectivity index (χ1) is 7.90. The molecule has 0 amide bonds. The molecule has 0 aliphatic carbocycles. The number of rotatable bonds is 5. The van der Waals surface area contributed by atoms with Gasteiger partial charge in [0.15, 0.2) is 0 Å². The van der Waals surface area contributed by atoms with Crippen LogP contribution in [0.15, 0.2) is 42.6 Å². The Bertz CT molecular complexity index is 425. The van der Waals surface area contributed by atoms with Crippen molar-refractivity contribution in [2.45, 2.75) is 13.5 Å². The first-order valence-corrected chi connectivity index (χ1v) is 5.35. The fourth-order valence-corrected chi connectivity index (χ4v) is 1.41. The minimum Gasteiger partial charge on any atom is -0.302 e. The molecule has 1 N–H and O–H groups in total. The number of nitrogens with zero attached hydrogens (tertiary/aromatic N) is 2. The Morgan fingerprint density at radius 3 is 2.81 bits per heavy atom. The zero-order valence-electron chi connectivity index (χ0n) is 9.26. The highest BCUT2D eigenvalue weighted by molar-refractivity contribution is 5.30. The van der Waals surface area contributed by atoms with Crippen LogP contribution in [0.2, 0.25) is 0 Å². The molecule has 1 aromatic heterocycles. The van der Waals surface area contributed by atoms with Crippen LogP contribution in [0.4, 0.5) is 0 Å². The maximum absolute atomic E-state index is 5.05. The molecule has 1 aromatic carbocycles. The van der Waals surface area contributed by atoms with Gasteiger partial charge in [-0.15, -0.1) is 0 Å². The second kappa shape index (κ2) is 5.44. The van der Waals surface area contributed by atoms with Crippen LogP contribution in [-0.4, -0.2) is 16.4 Å². The minimum absolute atomic E-state index is 0.619. The summed E-state index contributed by atoms with van der Waals surface area (Å²) < 4.78 is 1.85. The molecule has 16 heavy (non-hydrogen) atoms. The van der Waals surface area contributed by atoms with Gasteiger partial charge in [0.2, 0.25) is 0 Å². The molecule has 0 spiro atoms. The molecule has 4 heteroatoms. The Labute approximate surface area is 94.8 Å². The van der Waals surface area contributed by atoms with E-state index in [1.54, 1.807) is 0 Å². The van der Waals surface area contributed by atoms with Crippen molar-refractivity contribution in [3.05, 3.63) is 48.3 Å². The molecule has 0 unspecified atom stereocenters. The van der Waals surface area contributed by atoms with Crippen LogP contribution in [0, 0.1) is 0 Å². The van der Waals surface area contributed by atoms with Gasteiger partial charge in [-0.1, -0.05) is 18.2 Å². The molecule has 0 fully saturated rings. The number of para-hydroxylation sites is 1. The van der Waals surface area contributed by atoms with E-state index in [4.69, 9.17) is 4.84 Å². The molecule has 0 saturated carbocycles. The summed E-state index contributed by atoms with van der Waals surface area (Å²) >= 11 is 0. The van der Waals surface area contributed by atoms with Crippen LogP contribution >= 0.6 is 0 Å². The van der Waals surface area contributed by atoms with E-state index in [9.17, 15) is 0 Å². The molecule has 4 nitrogen and oxygen atoms in total. The summed E-state index contributed by atoms with van der Waals surface area (Å²) in [6.45, 7) is 3.21. The Hall–Kier alpha value is -1.65. The fourth-order valence-electron chi connectivity index (χ4n) is 1.41. The standard InChI is InChI=1S/C12H15N3O/c1-2-16-13-10-11-8-9-15(14-11)12-6-4-3-5-7-12/h3-9,13H,2,10H2,1H3. The predicted molar refractivity (Wildman–Crippen MR) is 62.0 cm³/mol. The van der Waals surface area contributed by atoms with Crippen molar-refractivity contribution >= 4 is 0 Å². The van der Waals surface area contributed by atoms with Gasteiger partial charge in [0.25, 0.3) is 0 Å². The lowest BCUT2D eigenvalue weighted by Crippen LogP contribution is -2.14. The van der Waals surface area contributed by atoms with Gasteiger partial charge in [-0.05, 0) is 25.1 Å². The minimum atomic E-state index is 0.619. The highest BCUT2D eigenvalue weighted by Gasteiger charge is 1.99. The zero-order valence-corrected chi connectivity index (χ0v) is 9.26. The van der Waals surface area contributed by atoms with Gasteiger partial charge >= 0.3 is 0 Å². The van der Waals surface area contributed by atoms with Crippen molar-refractivity contribution in [3.8, 4) is 5.69 Å². The molecule has 0 bridgehead atoms. The molecular formula is C12H15N3O. The highest BCUT2D eigenvalue weighted by atomic mass is 16.6. The van der Waals surface area contributed by atoms with E-state index in [-0.39, 0.29) is 0 Å². The lowest BCUT2D eigenvalue weighted by molar-refractivity contribution is 0.0455. The van der Waals surface area contributed by atoms with Crippen molar-refractivity contribution in [2.75, 3.05) is 6.61 Å². The molecule has 2 rings (SSSR count). The number of hydrogen-bond donors (Lipinski definition) is 1. The quantitative estimate of drug-likeness (QED) is 0.614. The largest absolute Gasteiger partial charge is 0.302 e. The third-order valence-electron chi connectivity index (χ3n) is 2.16. The van der Waals surface area contributed by atoms with Crippen molar-refractivity contribution in [2.24, 2.45) is 0 Å². The van der Waals surface area contributed by atoms with E-state index in [2.05, 4.69) is 10.6 Å². The van der Waals surface area contributed by atoms with E-state index in [1.165, 1.54) is 0 Å². The molecule has 1 heterocycles. The van der Waals surface area contributed by atoms with Crippen molar-refractivity contribution in [3.63, 3.8) is 0 Å². The number of hydroxylamine groups is 1. The van der Waals surface area contributed by atoms with Crippen LogP contribution < -0.4 is 5.48 Å². The van der Waals surface area contributed by atoms with E-state index < -0.39 is 0 Å². The van der Waals surface area contributed by atoms with E-state index >= 15 is 0 Å². The molecule has 0 aliphatic rings. The van der Waals surface area contributed by atoms with Crippen LogP contribution in [0.5, 0.6) is 0 Å². The highest BCUT2D eigenvalue weighted by Crippen LogP contribution is 2.06. The van der Waals surface area contributed by atoms with Crippen LogP contribution in [0.25, 0.3) is 5.69 Å². The van der Waals surface area contributed by atoms with Gasteiger partial charge in [-0.3, -0.25) is 0 Å². The lowest BCUT2D eigenvalue weighted by atomic mass is 10.3. The second-order valence-corrected chi connectivity index (χ2v) is 3.34. The van der Waals surface area contributed by atoms with Gasteiger partial charge in [0, 0.05) is 6.20 Å². The number of aromatic nitrogens is 2. The Morgan fingerprint density at radius 1 is 1.25 bits per heavy atom. The zero-order chi connectivity index (χ0) is 11.2. The molecular weight excluding hydrogens is 202 g/mol. The lowest BCUT2D eigenvalue weighted by Gasteiger charge is -2.01. The maximum Gasteiger partial charge on any atom is 0.0790 e. The SMILES string of the molecule is CCONCc1ccn(-c2ccccc2)n1. The van der Waals surface area contributed by atoms with Crippen LogP contribution in [0.3, 0.4) is 0 Å². The Morgan fingerprint density at radius 2 is 2.06 bits per heavy atom. The molecule has 0 radical (unpaired) electrons. The van der Waals surface area contributed by atoms with Gasteiger partial charge in [0.05, 0.1) is 24.5 Å². The van der Waals surface area contributed by atoms with Crippen molar-refractivity contribution in [1.29, 1.82) is 0 Å². The smallest absolute Gasteiger partial charge is 0.0790 e. The molecule has 0 aliphatic heterocycles. The molecule has 0 saturated heterocycles. The van der Waals surface area contributed by atoms with Crippen molar-refractivity contribution < 1.29 is 4.84 Å². The summed E-state index contributed by atoms with van der Waals surface area (Å²) in [6.07, 6.45) is 1.94. The number of hydrogen-bond acceptors (Lipinski definition) is 3. The predicted octanol–water partition coefficient (Wildman–Crippen LogP) is 1.91. The van der Waals surface area contributed by atoms with E-state index in [1.807, 2.05) is 54.2 Å². The summed E-state index contributed by atoms with van der Waals surface area (Å²) in [4.78, 5) is 5.05. The van der Waals surface area contributed by atoms with Gasteiger partial charge < -0.3 is 4.84 Å². The van der Waals surface area contributed by atoms with Crippen LogP contribution in [-0.2, 0) is 11.4 Å². The first-order valence-electron chi connectivity index (χ1n) is 5.35. The molecule has 0 atom stereocenters. The van der Waals surface area contributed by atoms with Gasteiger partial charge in [-0.25, -0.2) is 4.68 Å². The normalized spacial score (nSPS) is 10.6. The summed E-state index contributed by atoms with van der Waals surface area (Å²) in [7, 11) is 0. The number of benzene rings is 1.